The molecule has 8 heteroatoms. The minimum Gasteiger partial charge on any atom is -0.467 e. The van der Waals surface area contributed by atoms with Crippen molar-refractivity contribution >= 4 is 12.1 Å². The van der Waals surface area contributed by atoms with Gasteiger partial charge in [0, 0.05) is 25.9 Å². The van der Waals surface area contributed by atoms with Crippen molar-refractivity contribution in [2.75, 3.05) is 26.7 Å². The molecule has 1 fully saturated rings. The van der Waals surface area contributed by atoms with Crippen molar-refractivity contribution in [3.63, 3.8) is 0 Å². The maximum absolute atomic E-state index is 13.1. The largest absolute Gasteiger partial charge is 0.467 e. The van der Waals surface area contributed by atoms with E-state index in [9.17, 15) is 18.4 Å². The van der Waals surface area contributed by atoms with Gasteiger partial charge in [0.2, 0.25) is 0 Å². The summed E-state index contributed by atoms with van der Waals surface area (Å²) in [7, 11) is 1.26. The topological polar surface area (TPSA) is 67.9 Å². The molecule has 25 heavy (non-hydrogen) atoms. The van der Waals surface area contributed by atoms with Crippen molar-refractivity contribution in [1.29, 1.82) is 0 Å². The van der Waals surface area contributed by atoms with Gasteiger partial charge in [-0.2, -0.15) is 0 Å². The highest BCUT2D eigenvalue weighted by molar-refractivity contribution is 5.81. The van der Waals surface area contributed by atoms with E-state index in [-0.39, 0.29) is 12.8 Å². The highest BCUT2D eigenvalue weighted by atomic mass is 19.3. The van der Waals surface area contributed by atoms with Crippen LogP contribution in [0.5, 0.6) is 0 Å². The Morgan fingerprint density at radius 3 is 2.32 bits per heavy atom. The van der Waals surface area contributed by atoms with E-state index in [4.69, 9.17) is 9.47 Å². The third kappa shape index (κ3) is 9.00. The molecular formula is C17H30F2N2O4. The molecule has 1 saturated heterocycles. The van der Waals surface area contributed by atoms with Crippen LogP contribution in [-0.2, 0) is 14.3 Å². The molecule has 6 nitrogen and oxygen atoms in total. The van der Waals surface area contributed by atoms with Crippen LogP contribution in [0, 0.1) is 0 Å². The van der Waals surface area contributed by atoms with Gasteiger partial charge in [0.25, 0.3) is 5.92 Å². The smallest absolute Gasteiger partial charge is 0.408 e. The molecule has 1 rings (SSSR count). The van der Waals surface area contributed by atoms with E-state index in [1.165, 1.54) is 7.11 Å². The second kappa shape index (κ2) is 9.31. The molecule has 0 aromatic carbocycles. The van der Waals surface area contributed by atoms with Gasteiger partial charge in [0.15, 0.2) is 0 Å². The van der Waals surface area contributed by atoms with Gasteiger partial charge in [0.1, 0.15) is 11.6 Å². The van der Waals surface area contributed by atoms with Gasteiger partial charge < -0.3 is 19.7 Å². The first kappa shape index (κ1) is 21.6. The Hall–Kier alpha value is -1.44. The van der Waals surface area contributed by atoms with Crippen molar-refractivity contribution in [1.82, 2.24) is 10.2 Å². The number of hydrogen-bond donors (Lipinski definition) is 1. The highest BCUT2D eigenvalue weighted by Crippen LogP contribution is 2.27. The first-order valence-corrected chi connectivity index (χ1v) is 8.70. The molecule has 0 bridgehead atoms. The SMILES string of the molecule is COC(=O)[C@H](CCCCN1CCC(F)(F)CC1)NC(=O)OC(C)(C)C. The van der Waals surface area contributed by atoms with Gasteiger partial charge in [-0.3, -0.25) is 0 Å². The van der Waals surface area contributed by atoms with Crippen molar-refractivity contribution in [2.24, 2.45) is 0 Å². The van der Waals surface area contributed by atoms with Crippen LogP contribution in [0.4, 0.5) is 13.6 Å². The monoisotopic (exact) mass is 364 g/mol. The molecule has 1 aliphatic rings. The standard InChI is InChI=1S/C17H30F2N2O4/c1-16(2,3)25-15(23)20-13(14(22)24-4)7-5-6-10-21-11-8-17(18,19)9-12-21/h13H,5-12H2,1-4H3,(H,20,23)/t13-/m0/s1. The normalized spacial score (nSPS) is 19.1. The van der Waals surface area contributed by atoms with Gasteiger partial charge in [-0.1, -0.05) is 0 Å². The summed E-state index contributed by atoms with van der Waals surface area (Å²) in [5, 5.41) is 2.52. The highest BCUT2D eigenvalue weighted by Gasteiger charge is 2.33. The maximum atomic E-state index is 13.1. The minimum absolute atomic E-state index is 0.0992. The maximum Gasteiger partial charge on any atom is 0.408 e. The molecule has 0 saturated carbocycles. The fourth-order valence-electron chi connectivity index (χ4n) is 2.63. The number of nitrogens with one attached hydrogen (secondary N) is 1. The number of unbranched alkanes of at least 4 members (excludes halogenated alkanes) is 1. The molecular weight excluding hydrogens is 334 g/mol. The zero-order valence-corrected chi connectivity index (χ0v) is 15.6. The number of esters is 1. The molecule has 1 amide bonds. The minimum atomic E-state index is -2.54. The van der Waals surface area contributed by atoms with Crippen LogP contribution in [0.1, 0.15) is 52.9 Å². The van der Waals surface area contributed by atoms with Gasteiger partial charge in [-0.05, 0) is 46.6 Å². The van der Waals surface area contributed by atoms with Crippen molar-refractivity contribution in [2.45, 2.75) is 70.4 Å². The first-order chi connectivity index (χ1) is 11.5. The van der Waals surface area contributed by atoms with Crippen LogP contribution in [0.3, 0.4) is 0 Å². The lowest BCUT2D eigenvalue weighted by Crippen LogP contribution is -2.44. The van der Waals surface area contributed by atoms with Crippen molar-refractivity contribution in [3.8, 4) is 0 Å². The number of halogens is 2. The zero-order valence-electron chi connectivity index (χ0n) is 15.6. The van der Waals surface area contributed by atoms with Crippen LogP contribution < -0.4 is 5.32 Å². The van der Waals surface area contributed by atoms with Crippen LogP contribution >= 0.6 is 0 Å². The Morgan fingerprint density at radius 2 is 1.80 bits per heavy atom. The van der Waals surface area contributed by atoms with Crippen LogP contribution in [0.25, 0.3) is 0 Å². The van der Waals surface area contributed by atoms with E-state index >= 15 is 0 Å². The number of carbonyl (C=O) groups is 2. The molecule has 0 spiro atoms. The number of carbonyl (C=O) groups excluding carboxylic acids is 2. The molecule has 146 valence electrons. The van der Waals surface area contributed by atoms with Crippen molar-refractivity contribution in [3.05, 3.63) is 0 Å². The van der Waals surface area contributed by atoms with Gasteiger partial charge in [0.05, 0.1) is 7.11 Å². The second-order valence-electron chi connectivity index (χ2n) is 7.42. The summed E-state index contributed by atoms with van der Waals surface area (Å²) in [5.41, 5.74) is -0.652. The van der Waals surface area contributed by atoms with E-state index in [1.54, 1.807) is 20.8 Å². The van der Waals surface area contributed by atoms with Crippen LogP contribution in [-0.4, -0.2) is 61.3 Å². The molecule has 1 N–H and O–H groups in total. The summed E-state index contributed by atoms with van der Waals surface area (Å²) in [6.07, 6.45) is 0.977. The predicted octanol–water partition coefficient (Wildman–Crippen LogP) is 2.95. The van der Waals surface area contributed by atoms with Crippen LogP contribution in [0.15, 0.2) is 0 Å². The Balaban J connectivity index is 2.34. The number of piperidine rings is 1. The average molecular weight is 364 g/mol. The molecule has 0 unspecified atom stereocenters. The third-order valence-electron chi connectivity index (χ3n) is 3.98. The summed E-state index contributed by atoms with van der Waals surface area (Å²) in [6.45, 7) is 6.70. The van der Waals surface area contributed by atoms with E-state index < -0.39 is 29.6 Å². The summed E-state index contributed by atoms with van der Waals surface area (Å²) < 4.78 is 36.1. The van der Waals surface area contributed by atoms with Gasteiger partial charge >= 0.3 is 12.1 Å². The Labute approximate surface area is 148 Å². The average Bonchev–Trinajstić information content (AvgIpc) is 2.49. The number of methoxy groups -OCH3 is 1. The van der Waals surface area contributed by atoms with Gasteiger partial charge in [-0.25, -0.2) is 18.4 Å². The fraction of sp³-hybridized carbons (Fsp3) is 0.882. The molecule has 1 heterocycles. The van der Waals surface area contributed by atoms with E-state index in [0.717, 1.165) is 6.42 Å². The quantitative estimate of drug-likeness (QED) is 0.556. The van der Waals surface area contributed by atoms with E-state index in [0.29, 0.717) is 32.5 Å². The van der Waals surface area contributed by atoms with Crippen LogP contribution in [0.2, 0.25) is 0 Å². The lowest BCUT2D eigenvalue weighted by Gasteiger charge is -2.31. The lowest BCUT2D eigenvalue weighted by molar-refractivity contribution is -0.143. The molecule has 1 atom stereocenters. The molecule has 1 aliphatic heterocycles. The molecule has 0 aromatic rings. The zero-order chi connectivity index (χ0) is 19.1. The summed E-state index contributed by atoms with van der Waals surface area (Å²) >= 11 is 0. The summed E-state index contributed by atoms with van der Waals surface area (Å²) in [6, 6.07) is -0.773. The van der Waals surface area contributed by atoms with E-state index in [1.807, 2.05) is 4.90 Å². The van der Waals surface area contributed by atoms with Crippen molar-refractivity contribution < 1.29 is 27.8 Å². The number of likely N-dealkylation sites (tertiary alicyclic amines) is 1. The van der Waals surface area contributed by atoms with E-state index in [2.05, 4.69) is 5.32 Å². The number of ether oxygens (including phenoxy) is 2. The Kier molecular flexibility index (Phi) is 8.05. The number of amides is 1. The predicted molar refractivity (Wildman–Crippen MR) is 89.6 cm³/mol. The number of rotatable bonds is 7. The number of alkyl carbamates (subject to hydrolysis) is 1. The Morgan fingerprint density at radius 1 is 1.20 bits per heavy atom. The summed E-state index contributed by atoms with van der Waals surface area (Å²) in [4.78, 5) is 25.6. The molecule has 0 radical (unpaired) electrons. The number of alkyl halides is 2. The third-order valence-corrected chi connectivity index (χ3v) is 3.98. The Bertz CT molecular complexity index is 442. The number of hydrogen-bond acceptors (Lipinski definition) is 5. The molecule has 0 aromatic heterocycles. The number of nitrogens with zero attached hydrogens (tertiary/aromatic N) is 1. The second-order valence-corrected chi connectivity index (χ2v) is 7.42. The first-order valence-electron chi connectivity index (χ1n) is 8.70. The fourth-order valence-corrected chi connectivity index (χ4v) is 2.63. The van der Waals surface area contributed by atoms with Gasteiger partial charge in [-0.15, -0.1) is 0 Å². The lowest BCUT2D eigenvalue weighted by atomic mass is 10.1. The summed E-state index contributed by atoms with van der Waals surface area (Å²) in [5.74, 6) is -3.06. The molecule has 0 aliphatic carbocycles.